The number of fused-ring (bicyclic) bond motifs is 2. The Morgan fingerprint density at radius 3 is 2.21 bits per heavy atom. The molecule has 0 aliphatic heterocycles. The van der Waals surface area contributed by atoms with Crippen molar-refractivity contribution in [1.29, 1.82) is 0 Å². The van der Waals surface area contributed by atoms with Gasteiger partial charge in [-0.05, 0) is 62.2 Å². The van der Waals surface area contributed by atoms with Crippen molar-refractivity contribution in [2.45, 2.75) is 85.4 Å². The van der Waals surface area contributed by atoms with Crippen molar-refractivity contribution < 1.29 is 19.1 Å². The minimum atomic E-state index is -0.422. The van der Waals surface area contributed by atoms with E-state index in [9.17, 15) is 9.59 Å². The third-order valence-electron chi connectivity index (χ3n) is 6.97. The van der Waals surface area contributed by atoms with Gasteiger partial charge in [0.25, 0.3) is 0 Å². The monoisotopic (exact) mass is 338 g/mol. The standard InChI is InChI=1S/C20H34O4/c1-7-20(6,8-2)24-19(22)11-18(23-14(5)21)17-10-15-9-16(17)13(4)12(15)3/h12-13,15-18H,7-11H2,1-6H3. The van der Waals surface area contributed by atoms with Crippen molar-refractivity contribution in [3.8, 4) is 0 Å². The average Bonchev–Trinajstić information content (AvgIpc) is 3.06. The van der Waals surface area contributed by atoms with Gasteiger partial charge in [-0.1, -0.05) is 27.7 Å². The van der Waals surface area contributed by atoms with Crippen LogP contribution in [0.1, 0.15) is 73.6 Å². The fourth-order valence-corrected chi connectivity index (χ4v) is 4.79. The van der Waals surface area contributed by atoms with Crippen molar-refractivity contribution in [3.05, 3.63) is 0 Å². The van der Waals surface area contributed by atoms with Gasteiger partial charge in [-0.25, -0.2) is 0 Å². The second-order valence-electron chi connectivity index (χ2n) is 8.26. The van der Waals surface area contributed by atoms with Crippen molar-refractivity contribution >= 4 is 11.9 Å². The Kier molecular flexibility index (Phi) is 5.98. The smallest absolute Gasteiger partial charge is 0.310 e. The second-order valence-corrected chi connectivity index (χ2v) is 8.26. The van der Waals surface area contributed by atoms with Gasteiger partial charge in [0.15, 0.2) is 0 Å². The molecule has 6 atom stereocenters. The lowest BCUT2D eigenvalue weighted by molar-refractivity contribution is -0.167. The Bertz CT molecular complexity index is 466. The zero-order valence-electron chi connectivity index (χ0n) is 16.1. The van der Waals surface area contributed by atoms with Crippen LogP contribution in [0.4, 0.5) is 0 Å². The summed E-state index contributed by atoms with van der Waals surface area (Å²) in [7, 11) is 0. The molecule has 0 aromatic rings. The maximum atomic E-state index is 12.5. The van der Waals surface area contributed by atoms with Crippen LogP contribution in [-0.2, 0) is 19.1 Å². The van der Waals surface area contributed by atoms with Gasteiger partial charge in [-0.3, -0.25) is 9.59 Å². The minimum Gasteiger partial charge on any atom is -0.462 e. The fraction of sp³-hybridized carbons (Fsp3) is 0.900. The van der Waals surface area contributed by atoms with Crippen molar-refractivity contribution in [2.24, 2.45) is 29.6 Å². The molecule has 0 N–H and O–H groups in total. The Labute approximate surface area is 146 Å². The van der Waals surface area contributed by atoms with Gasteiger partial charge in [0.05, 0.1) is 6.42 Å². The Balaban J connectivity index is 2.04. The Morgan fingerprint density at radius 2 is 1.75 bits per heavy atom. The average molecular weight is 338 g/mol. The van der Waals surface area contributed by atoms with Gasteiger partial charge in [-0.2, -0.15) is 0 Å². The van der Waals surface area contributed by atoms with Gasteiger partial charge in [0, 0.05) is 6.92 Å². The minimum absolute atomic E-state index is 0.185. The first-order valence-corrected chi connectivity index (χ1v) is 9.59. The molecule has 2 bridgehead atoms. The molecule has 0 spiro atoms. The van der Waals surface area contributed by atoms with Gasteiger partial charge in [0.2, 0.25) is 0 Å². The summed E-state index contributed by atoms with van der Waals surface area (Å²) in [6.45, 7) is 12.1. The molecule has 0 aromatic heterocycles. The second kappa shape index (κ2) is 7.45. The first kappa shape index (κ1) is 19.3. The molecule has 2 fully saturated rings. The molecule has 2 saturated carbocycles. The van der Waals surface area contributed by atoms with Crippen LogP contribution < -0.4 is 0 Å². The first-order valence-electron chi connectivity index (χ1n) is 9.59. The molecule has 0 amide bonds. The molecule has 4 nitrogen and oxygen atoms in total. The first-order chi connectivity index (χ1) is 11.2. The maximum absolute atomic E-state index is 12.5. The molecule has 0 aromatic carbocycles. The molecule has 0 heterocycles. The third-order valence-corrected chi connectivity index (χ3v) is 6.97. The quantitative estimate of drug-likeness (QED) is 0.647. The molecule has 24 heavy (non-hydrogen) atoms. The largest absolute Gasteiger partial charge is 0.462 e. The number of ether oxygens (including phenoxy) is 2. The molecule has 0 radical (unpaired) electrons. The highest BCUT2D eigenvalue weighted by Gasteiger charge is 2.52. The maximum Gasteiger partial charge on any atom is 0.310 e. The zero-order chi connectivity index (χ0) is 18.1. The van der Waals surface area contributed by atoms with E-state index in [1.165, 1.54) is 13.3 Å². The molecular formula is C20H34O4. The topological polar surface area (TPSA) is 52.6 Å². The highest BCUT2D eigenvalue weighted by molar-refractivity contribution is 5.72. The van der Waals surface area contributed by atoms with Crippen LogP contribution >= 0.6 is 0 Å². The lowest BCUT2D eigenvalue weighted by Crippen LogP contribution is -2.38. The summed E-state index contributed by atoms with van der Waals surface area (Å²) in [5.74, 6) is 2.40. The number of carbonyl (C=O) groups is 2. The summed E-state index contributed by atoms with van der Waals surface area (Å²) < 4.78 is 11.3. The van der Waals surface area contributed by atoms with E-state index in [4.69, 9.17) is 9.47 Å². The molecule has 0 saturated heterocycles. The predicted octanol–water partition coefficient (Wildman–Crippen LogP) is 4.36. The van der Waals surface area contributed by atoms with Crippen molar-refractivity contribution in [3.63, 3.8) is 0 Å². The summed E-state index contributed by atoms with van der Waals surface area (Å²) in [5, 5.41) is 0. The molecular weight excluding hydrogens is 304 g/mol. The SMILES string of the molecule is CCC(C)(CC)OC(=O)CC(OC(C)=O)C1CC2CC1C(C)C2C. The van der Waals surface area contributed by atoms with E-state index >= 15 is 0 Å². The summed E-state index contributed by atoms with van der Waals surface area (Å²) in [6, 6.07) is 0. The number of hydrogen-bond acceptors (Lipinski definition) is 4. The highest BCUT2D eigenvalue weighted by Crippen LogP contribution is 2.56. The van der Waals surface area contributed by atoms with Gasteiger partial charge in [0.1, 0.15) is 11.7 Å². The fourth-order valence-electron chi connectivity index (χ4n) is 4.79. The van der Waals surface area contributed by atoms with Crippen LogP contribution in [0.25, 0.3) is 0 Å². The van der Waals surface area contributed by atoms with E-state index in [0.717, 1.165) is 25.2 Å². The van der Waals surface area contributed by atoms with Crippen molar-refractivity contribution in [1.82, 2.24) is 0 Å². The van der Waals surface area contributed by atoms with Crippen LogP contribution in [0.5, 0.6) is 0 Å². The van der Waals surface area contributed by atoms with E-state index in [1.54, 1.807) is 0 Å². The number of rotatable bonds is 7. The molecule has 6 unspecified atom stereocenters. The third kappa shape index (κ3) is 3.94. The molecule has 2 aliphatic rings. The summed E-state index contributed by atoms with van der Waals surface area (Å²) in [5.41, 5.74) is -0.422. The van der Waals surface area contributed by atoms with Gasteiger partial charge in [-0.15, -0.1) is 0 Å². The number of carbonyl (C=O) groups excluding carboxylic acids is 2. The molecule has 2 aliphatic carbocycles. The van der Waals surface area contributed by atoms with E-state index in [-0.39, 0.29) is 24.5 Å². The van der Waals surface area contributed by atoms with E-state index < -0.39 is 5.60 Å². The lowest BCUT2D eigenvalue weighted by Gasteiger charge is -2.36. The molecule has 2 rings (SSSR count). The Hall–Kier alpha value is -1.06. The summed E-state index contributed by atoms with van der Waals surface area (Å²) in [4.78, 5) is 24.0. The van der Waals surface area contributed by atoms with Crippen LogP contribution in [0.3, 0.4) is 0 Å². The van der Waals surface area contributed by atoms with Crippen LogP contribution in [0.15, 0.2) is 0 Å². The van der Waals surface area contributed by atoms with Crippen LogP contribution in [-0.4, -0.2) is 23.6 Å². The van der Waals surface area contributed by atoms with Gasteiger partial charge < -0.3 is 9.47 Å². The number of hydrogen-bond donors (Lipinski definition) is 0. The summed E-state index contributed by atoms with van der Waals surface area (Å²) >= 11 is 0. The van der Waals surface area contributed by atoms with E-state index in [1.807, 2.05) is 20.8 Å². The van der Waals surface area contributed by atoms with Crippen molar-refractivity contribution in [2.75, 3.05) is 0 Å². The van der Waals surface area contributed by atoms with Crippen LogP contribution in [0, 0.1) is 29.6 Å². The summed E-state index contributed by atoms with van der Waals surface area (Å²) in [6.07, 6.45) is 3.70. The molecule has 138 valence electrons. The van der Waals surface area contributed by atoms with E-state index in [2.05, 4.69) is 13.8 Å². The van der Waals surface area contributed by atoms with Crippen LogP contribution in [0.2, 0.25) is 0 Å². The highest BCUT2D eigenvalue weighted by atomic mass is 16.6. The Morgan fingerprint density at radius 1 is 1.12 bits per heavy atom. The lowest BCUT2D eigenvalue weighted by atomic mass is 9.73. The van der Waals surface area contributed by atoms with Gasteiger partial charge >= 0.3 is 11.9 Å². The predicted molar refractivity (Wildman–Crippen MR) is 93.3 cm³/mol. The molecule has 4 heteroatoms. The number of esters is 2. The zero-order valence-corrected chi connectivity index (χ0v) is 16.1. The normalized spacial score (nSPS) is 33.3. The van der Waals surface area contributed by atoms with E-state index in [0.29, 0.717) is 23.7 Å².